The van der Waals surface area contributed by atoms with Crippen LogP contribution in [-0.4, -0.2) is 11.6 Å². The van der Waals surface area contributed by atoms with Crippen molar-refractivity contribution in [2.45, 2.75) is 0 Å². The number of carbonyl (C=O) groups is 2. The SMILES string of the molecule is O=C1c2ccccc2-c2cc3cccc4c3c(c21)C=CC4=O. The summed E-state index contributed by atoms with van der Waals surface area (Å²) in [5.41, 5.74) is 4.99. The van der Waals surface area contributed by atoms with E-state index in [1.807, 2.05) is 48.5 Å². The van der Waals surface area contributed by atoms with Crippen molar-refractivity contribution in [2.24, 2.45) is 0 Å². The highest BCUT2D eigenvalue weighted by molar-refractivity contribution is 6.29. The summed E-state index contributed by atoms with van der Waals surface area (Å²) >= 11 is 0. The Morgan fingerprint density at radius 1 is 0.682 bits per heavy atom. The van der Waals surface area contributed by atoms with Crippen LogP contribution in [0.25, 0.3) is 28.0 Å². The average Bonchev–Trinajstić information content (AvgIpc) is 2.84. The van der Waals surface area contributed by atoms with Gasteiger partial charge >= 0.3 is 0 Å². The fourth-order valence-electron chi connectivity index (χ4n) is 3.62. The minimum Gasteiger partial charge on any atom is -0.289 e. The van der Waals surface area contributed by atoms with Crippen LogP contribution in [0.5, 0.6) is 0 Å². The largest absolute Gasteiger partial charge is 0.289 e. The molecule has 3 aromatic rings. The van der Waals surface area contributed by atoms with E-state index in [0.717, 1.165) is 38.6 Å². The fourth-order valence-corrected chi connectivity index (χ4v) is 3.62. The number of fused-ring (bicyclic) bond motifs is 4. The van der Waals surface area contributed by atoms with Gasteiger partial charge in [-0.2, -0.15) is 0 Å². The first kappa shape index (κ1) is 11.6. The van der Waals surface area contributed by atoms with E-state index in [-0.39, 0.29) is 11.6 Å². The van der Waals surface area contributed by atoms with Gasteiger partial charge < -0.3 is 0 Å². The number of hydrogen-bond acceptors (Lipinski definition) is 2. The summed E-state index contributed by atoms with van der Waals surface area (Å²) < 4.78 is 0. The molecule has 22 heavy (non-hydrogen) atoms. The molecule has 0 saturated heterocycles. The maximum atomic E-state index is 12.8. The van der Waals surface area contributed by atoms with Gasteiger partial charge in [0.1, 0.15) is 0 Å². The van der Waals surface area contributed by atoms with Crippen LogP contribution >= 0.6 is 0 Å². The molecule has 0 saturated carbocycles. The van der Waals surface area contributed by atoms with Gasteiger partial charge in [-0.3, -0.25) is 9.59 Å². The van der Waals surface area contributed by atoms with Gasteiger partial charge in [0.15, 0.2) is 11.6 Å². The first-order chi connectivity index (χ1) is 10.8. The molecule has 0 radical (unpaired) electrons. The summed E-state index contributed by atoms with van der Waals surface area (Å²) in [5, 5.41) is 1.91. The third-order valence-corrected chi connectivity index (χ3v) is 4.56. The van der Waals surface area contributed by atoms with E-state index in [1.54, 1.807) is 12.2 Å². The molecule has 0 unspecified atom stereocenters. The lowest BCUT2D eigenvalue weighted by molar-refractivity contribution is 0.103. The van der Waals surface area contributed by atoms with E-state index in [4.69, 9.17) is 0 Å². The van der Waals surface area contributed by atoms with Crippen molar-refractivity contribution in [1.29, 1.82) is 0 Å². The molecule has 102 valence electrons. The molecule has 0 amide bonds. The third-order valence-electron chi connectivity index (χ3n) is 4.56. The van der Waals surface area contributed by atoms with Gasteiger partial charge in [-0.15, -0.1) is 0 Å². The summed E-state index contributed by atoms with van der Waals surface area (Å²) in [5.74, 6) is 0.0531. The fraction of sp³-hybridized carbons (Fsp3) is 0. The minimum absolute atomic E-state index is 0.000935. The molecule has 0 aromatic heterocycles. The van der Waals surface area contributed by atoms with Crippen molar-refractivity contribution in [3.05, 3.63) is 76.9 Å². The number of hydrogen-bond donors (Lipinski definition) is 0. The first-order valence-electron chi connectivity index (χ1n) is 7.22. The molecule has 2 nitrogen and oxygen atoms in total. The van der Waals surface area contributed by atoms with Gasteiger partial charge in [-0.25, -0.2) is 0 Å². The van der Waals surface area contributed by atoms with Gasteiger partial charge in [0.25, 0.3) is 0 Å². The Kier molecular flexibility index (Phi) is 2.01. The molecule has 3 aromatic carbocycles. The Morgan fingerprint density at radius 2 is 1.45 bits per heavy atom. The Balaban J connectivity index is 2.01. The van der Waals surface area contributed by atoms with E-state index in [9.17, 15) is 9.59 Å². The lowest BCUT2D eigenvalue weighted by Gasteiger charge is -2.15. The molecule has 2 aliphatic rings. The van der Waals surface area contributed by atoms with Crippen molar-refractivity contribution in [3.63, 3.8) is 0 Å². The van der Waals surface area contributed by atoms with E-state index in [2.05, 4.69) is 0 Å². The standard InChI is InChI=1S/C20H10O2/c21-17-9-8-15-18-11(4-3-7-14(17)18)10-16-12-5-1-2-6-13(12)20(22)19(15)16/h1-10H. The summed E-state index contributed by atoms with van der Waals surface area (Å²) in [6, 6.07) is 15.5. The predicted molar refractivity (Wildman–Crippen MR) is 86.2 cm³/mol. The van der Waals surface area contributed by atoms with Crippen LogP contribution < -0.4 is 0 Å². The van der Waals surface area contributed by atoms with Crippen LogP contribution in [0.4, 0.5) is 0 Å². The van der Waals surface area contributed by atoms with Gasteiger partial charge in [-0.1, -0.05) is 42.5 Å². The van der Waals surface area contributed by atoms with E-state index < -0.39 is 0 Å². The summed E-state index contributed by atoms with van der Waals surface area (Å²) in [4.78, 5) is 24.9. The maximum Gasteiger partial charge on any atom is 0.194 e. The average molecular weight is 282 g/mol. The minimum atomic E-state index is 0.000935. The Bertz CT molecular complexity index is 1050. The smallest absolute Gasteiger partial charge is 0.194 e. The zero-order valence-corrected chi connectivity index (χ0v) is 11.6. The van der Waals surface area contributed by atoms with Crippen LogP contribution in [0, 0.1) is 0 Å². The van der Waals surface area contributed by atoms with Gasteiger partial charge in [0.2, 0.25) is 0 Å². The highest BCUT2D eigenvalue weighted by Crippen LogP contribution is 2.43. The van der Waals surface area contributed by atoms with E-state index >= 15 is 0 Å². The number of carbonyl (C=O) groups excluding carboxylic acids is 2. The summed E-state index contributed by atoms with van der Waals surface area (Å²) in [6.45, 7) is 0. The molecule has 0 spiro atoms. The molecule has 2 aliphatic carbocycles. The van der Waals surface area contributed by atoms with Crippen LogP contribution in [0.3, 0.4) is 0 Å². The number of rotatable bonds is 0. The number of allylic oxidation sites excluding steroid dienone is 1. The highest BCUT2D eigenvalue weighted by Gasteiger charge is 2.31. The van der Waals surface area contributed by atoms with Crippen molar-refractivity contribution in [2.75, 3.05) is 0 Å². The zero-order chi connectivity index (χ0) is 14.8. The number of benzene rings is 3. The Labute approximate surface area is 126 Å². The maximum absolute atomic E-state index is 12.8. The zero-order valence-electron chi connectivity index (χ0n) is 11.6. The first-order valence-corrected chi connectivity index (χ1v) is 7.22. The molecule has 0 heterocycles. The van der Waals surface area contributed by atoms with Gasteiger partial charge in [0, 0.05) is 22.1 Å². The quantitative estimate of drug-likeness (QED) is 0.483. The van der Waals surface area contributed by atoms with E-state index in [1.165, 1.54) is 0 Å². The Hall–Kier alpha value is -3.00. The lowest BCUT2D eigenvalue weighted by Crippen LogP contribution is -2.06. The van der Waals surface area contributed by atoms with Gasteiger partial charge in [-0.05, 0) is 40.3 Å². The van der Waals surface area contributed by atoms with Gasteiger partial charge in [0.05, 0.1) is 0 Å². The summed E-state index contributed by atoms with van der Waals surface area (Å²) in [7, 11) is 0. The second-order valence-corrected chi connectivity index (χ2v) is 5.69. The van der Waals surface area contributed by atoms with Crippen LogP contribution in [0.1, 0.15) is 31.8 Å². The molecular formula is C20H10O2. The molecule has 0 atom stereocenters. The topological polar surface area (TPSA) is 34.1 Å². The normalized spacial score (nSPS) is 14.4. The molecular weight excluding hydrogens is 272 g/mol. The predicted octanol–water partition coefficient (Wildman–Crippen LogP) is 4.26. The second kappa shape index (κ2) is 3.80. The number of ketones is 2. The van der Waals surface area contributed by atoms with Crippen LogP contribution in [-0.2, 0) is 0 Å². The lowest BCUT2D eigenvalue weighted by atomic mass is 9.87. The van der Waals surface area contributed by atoms with Crippen molar-refractivity contribution >= 4 is 28.4 Å². The third kappa shape index (κ3) is 1.25. The Morgan fingerprint density at radius 3 is 2.32 bits per heavy atom. The molecule has 0 aliphatic heterocycles. The van der Waals surface area contributed by atoms with Crippen LogP contribution in [0.2, 0.25) is 0 Å². The van der Waals surface area contributed by atoms with Crippen molar-refractivity contribution < 1.29 is 9.59 Å². The monoisotopic (exact) mass is 282 g/mol. The molecule has 0 bridgehead atoms. The van der Waals surface area contributed by atoms with Crippen LogP contribution in [0.15, 0.2) is 54.6 Å². The molecule has 5 rings (SSSR count). The van der Waals surface area contributed by atoms with Crippen molar-refractivity contribution in [3.8, 4) is 11.1 Å². The molecule has 2 heteroatoms. The summed E-state index contributed by atoms with van der Waals surface area (Å²) in [6.07, 6.45) is 3.36. The molecule has 0 fully saturated rings. The highest BCUT2D eigenvalue weighted by atomic mass is 16.1. The van der Waals surface area contributed by atoms with Crippen molar-refractivity contribution in [1.82, 2.24) is 0 Å². The molecule has 0 N–H and O–H groups in total. The second-order valence-electron chi connectivity index (χ2n) is 5.69. The van der Waals surface area contributed by atoms with E-state index in [0.29, 0.717) is 5.56 Å².